The van der Waals surface area contributed by atoms with E-state index < -0.39 is 12.1 Å². The van der Waals surface area contributed by atoms with Crippen LogP contribution in [0.1, 0.15) is 5.56 Å². The second kappa shape index (κ2) is 4.29. The zero-order valence-electron chi connectivity index (χ0n) is 9.21. The van der Waals surface area contributed by atoms with Crippen LogP contribution in [0.25, 0.3) is 10.9 Å². The van der Waals surface area contributed by atoms with Gasteiger partial charge in [0.15, 0.2) is 0 Å². The van der Waals surface area contributed by atoms with Crippen molar-refractivity contribution in [1.29, 1.82) is 0 Å². The average Bonchev–Trinajstić information content (AvgIpc) is 2.67. The molecule has 0 radical (unpaired) electrons. The minimum Gasteiger partial charge on any atom is -0.481 e. The third-order valence-corrected chi connectivity index (χ3v) is 2.51. The number of aliphatic carboxylic acids is 1. The monoisotopic (exact) mass is 233 g/mol. The quantitative estimate of drug-likeness (QED) is 0.859. The minimum atomic E-state index is -0.933. The van der Waals surface area contributed by atoms with Crippen molar-refractivity contribution in [2.45, 2.75) is 6.42 Å². The Morgan fingerprint density at radius 2 is 2.06 bits per heavy atom. The molecule has 0 bridgehead atoms. The Balaban J connectivity index is 2.62. The fourth-order valence-electron chi connectivity index (χ4n) is 1.80. The Morgan fingerprint density at radius 3 is 2.71 bits per heavy atom. The molecule has 17 heavy (non-hydrogen) atoms. The van der Waals surface area contributed by atoms with Crippen LogP contribution < -0.4 is 0 Å². The van der Waals surface area contributed by atoms with Crippen molar-refractivity contribution in [3.05, 3.63) is 36.0 Å². The molecule has 88 valence electrons. The van der Waals surface area contributed by atoms with Gasteiger partial charge in [-0.1, -0.05) is 18.2 Å². The van der Waals surface area contributed by atoms with Gasteiger partial charge in [-0.15, -0.1) is 0 Å². The van der Waals surface area contributed by atoms with Crippen molar-refractivity contribution >= 4 is 23.0 Å². The van der Waals surface area contributed by atoms with E-state index in [1.54, 1.807) is 24.3 Å². The number of carbonyl (C=O) groups excluding carboxylic acids is 1. The highest BCUT2D eigenvalue weighted by molar-refractivity contribution is 5.93. The molecule has 0 fully saturated rings. The van der Waals surface area contributed by atoms with E-state index in [9.17, 15) is 9.59 Å². The third kappa shape index (κ3) is 1.99. The Kier molecular flexibility index (Phi) is 2.82. The topological polar surface area (TPSA) is 68.5 Å². The van der Waals surface area contributed by atoms with Crippen LogP contribution in [0.15, 0.2) is 30.5 Å². The number of hydrogen-bond acceptors (Lipinski definition) is 3. The molecule has 0 amide bonds. The van der Waals surface area contributed by atoms with E-state index in [0.29, 0.717) is 11.1 Å². The molecule has 1 heterocycles. The van der Waals surface area contributed by atoms with Crippen molar-refractivity contribution in [2.75, 3.05) is 7.11 Å². The number of carbonyl (C=O) groups is 2. The van der Waals surface area contributed by atoms with Crippen LogP contribution in [0.2, 0.25) is 0 Å². The number of carboxylic acids is 1. The Bertz CT molecular complexity index is 585. The summed E-state index contributed by atoms with van der Waals surface area (Å²) in [4.78, 5) is 22.3. The van der Waals surface area contributed by atoms with Crippen LogP contribution in [0.5, 0.6) is 0 Å². The van der Waals surface area contributed by atoms with Crippen LogP contribution in [-0.4, -0.2) is 28.8 Å². The van der Waals surface area contributed by atoms with Crippen LogP contribution in [-0.2, 0) is 16.0 Å². The molecule has 0 aliphatic carbocycles. The van der Waals surface area contributed by atoms with E-state index in [0.717, 1.165) is 5.39 Å². The lowest BCUT2D eigenvalue weighted by Crippen LogP contribution is -2.09. The lowest BCUT2D eigenvalue weighted by atomic mass is 10.1. The van der Waals surface area contributed by atoms with E-state index >= 15 is 0 Å². The number of rotatable bonds is 2. The molecule has 1 aromatic heterocycles. The normalized spacial score (nSPS) is 10.4. The van der Waals surface area contributed by atoms with E-state index in [4.69, 9.17) is 5.11 Å². The first kappa shape index (κ1) is 11.2. The van der Waals surface area contributed by atoms with Gasteiger partial charge in [-0.05, 0) is 11.6 Å². The lowest BCUT2D eigenvalue weighted by molar-refractivity contribution is -0.136. The fraction of sp³-hybridized carbons (Fsp3) is 0.167. The molecule has 1 aromatic carbocycles. The Hall–Kier alpha value is -2.30. The molecule has 5 heteroatoms. The summed E-state index contributed by atoms with van der Waals surface area (Å²) >= 11 is 0. The number of carboxylic acid groups (broad SMARTS) is 1. The molecule has 0 unspecified atom stereocenters. The number of benzene rings is 1. The van der Waals surface area contributed by atoms with Crippen LogP contribution >= 0.6 is 0 Å². The second-order valence-electron chi connectivity index (χ2n) is 3.58. The highest BCUT2D eigenvalue weighted by atomic mass is 16.5. The molecule has 0 spiro atoms. The van der Waals surface area contributed by atoms with Gasteiger partial charge in [0.25, 0.3) is 0 Å². The molecular formula is C12H11NO4. The molecule has 2 rings (SSSR count). The van der Waals surface area contributed by atoms with E-state index in [1.807, 2.05) is 0 Å². The number of para-hydroxylation sites is 1. The summed E-state index contributed by atoms with van der Waals surface area (Å²) in [6.45, 7) is 0. The van der Waals surface area contributed by atoms with E-state index in [2.05, 4.69) is 4.74 Å². The van der Waals surface area contributed by atoms with Gasteiger partial charge >= 0.3 is 12.1 Å². The molecule has 2 aromatic rings. The number of hydrogen-bond donors (Lipinski definition) is 1. The first-order valence-electron chi connectivity index (χ1n) is 5.02. The molecule has 0 saturated carbocycles. The SMILES string of the molecule is COC(=O)n1cc(CC(=O)O)c2ccccc21. The summed E-state index contributed by atoms with van der Waals surface area (Å²) in [6.07, 6.45) is 0.854. The molecule has 0 aliphatic heterocycles. The van der Waals surface area contributed by atoms with Gasteiger partial charge in [0.05, 0.1) is 19.0 Å². The number of fused-ring (bicyclic) bond motifs is 1. The van der Waals surface area contributed by atoms with Gasteiger partial charge in [-0.3, -0.25) is 9.36 Å². The minimum absolute atomic E-state index is 0.121. The molecule has 0 saturated heterocycles. The van der Waals surface area contributed by atoms with Crippen molar-refractivity contribution in [1.82, 2.24) is 4.57 Å². The summed E-state index contributed by atoms with van der Waals surface area (Å²) in [5.41, 5.74) is 1.24. The maximum absolute atomic E-state index is 11.5. The number of nitrogens with zero attached hydrogens (tertiary/aromatic N) is 1. The van der Waals surface area contributed by atoms with Gasteiger partial charge in [0, 0.05) is 11.6 Å². The number of aromatic nitrogens is 1. The number of methoxy groups -OCH3 is 1. The first-order chi connectivity index (χ1) is 8.13. The van der Waals surface area contributed by atoms with Crippen LogP contribution in [0, 0.1) is 0 Å². The van der Waals surface area contributed by atoms with E-state index in [-0.39, 0.29) is 6.42 Å². The lowest BCUT2D eigenvalue weighted by Gasteiger charge is -2.00. The van der Waals surface area contributed by atoms with Gasteiger partial charge in [-0.25, -0.2) is 4.79 Å². The maximum Gasteiger partial charge on any atom is 0.418 e. The average molecular weight is 233 g/mol. The molecule has 1 N–H and O–H groups in total. The smallest absolute Gasteiger partial charge is 0.418 e. The molecule has 5 nitrogen and oxygen atoms in total. The van der Waals surface area contributed by atoms with Crippen molar-refractivity contribution in [3.63, 3.8) is 0 Å². The third-order valence-electron chi connectivity index (χ3n) is 2.51. The highest BCUT2D eigenvalue weighted by Gasteiger charge is 2.14. The zero-order valence-corrected chi connectivity index (χ0v) is 9.21. The number of ether oxygens (including phenoxy) is 1. The summed E-state index contributed by atoms with van der Waals surface area (Å²) in [6, 6.07) is 7.12. The molecule has 0 aliphatic rings. The Labute approximate surface area is 97.2 Å². The maximum atomic E-state index is 11.5. The molecular weight excluding hydrogens is 222 g/mol. The highest BCUT2D eigenvalue weighted by Crippen LogP contribution is 2.21. The van der Waals surface area contributed by atoms with Crippen molar-refractivity contribution < 1.29 is 19.4 Å². The van der Waals surface area contributed by atoms with Gasteiger partial charge < -0.3 is 9.84 Å². The summed E-state index contributed by atoms with van der Waals surface area (Å²) in [5.74, 6) is -0.933. The second-order valence-corrected chi connectivity index (χ2v) is 3.58. The summed E-state index contributed by atoms with van der Waals surface area (Å²) in [7, 11) is 1.29. The van der Waals surface area contributed by atoms with Gasteiger partial charge in [0.1, 0.15) is 0 Å². The van der Waals surface area contributed by atoms with Crippen LogP contribution in [0.3, 0.4) is 0 Å². The molecule has 0 atom stereocenters. The first-order valence-corrected chi connectivity index (χ1v) is 5.02. The standard InChI is InChI=1S/C12H11NO4/c1-17-12(16)13-7-8(6-11(14)15)9-4-2-3-5-10(9)13/h2-5,7H,6H2,1H3,(H,14,15). The van der Waals surface area contributed by atoms with Crippen molar-refractivity contribution in [2.24, 2.45) is 0 Å². The van der Waals surface area contributed by atoms with E-state index in [1.165, 1.54) is 17.9 Å². The zero-order chi connectivity index (χ0) is 12.4. The largest absolute Gasteiger partial charge is 0.481 e. The van der Waals surface area contributed by atoms with Crippen LogP contribution in [0.4, 0.5) is 4.79 Å². The van der Waals surface area contributed by atoms with Gasteiger partial charge in [0.2, 0.25) is 0 Å². The van der Waals surface area contributed by atoms with Crippen molar-refractivity contribution in [3.8, 4) is 0 Å². The van der Waals surface area contributed by atoms with Gasteiger partial charge in [-0.2, -0.15) is 0 Å². The predicted molar refractivity (Wildman–Crippen MR) is 61.1 cm³/mol. The predicted octanol–water partition coefficient (Wildman–Crippen LogP) is 1.88. The summed E-state index contributed by atoms with van der Waals surface area (Å²) < 4.78 is 5.95. The Morgan fingerprint density at radius 1 is 1.35 bits per heavy atom. The summed E-state index contributed by atoms with van der Waals surface area (Å²) in [5, 5.41) is 9.56. The fourth-order valence-corrected chi connectivity index (χ4v) is 1.80.